The number of hydrogen-bond acceptors (Lipinski definition) is 4. The predicted octanol–water partition coefficient (Wildman–Crippen LogP) is 3.87. The Morgan fingerprint density at radius 3 is 2.87 bits per heavy atom. The number of thiophene rings is 1. The van der Waals surface area contributed by atoms with Gasteiger partial charge in [0.2, 0.25) is 6.79 Å². The predicted molar refractivity (Wildman–Crippen MR) is 90.3 cm³/mol. The number of rotatable bonds is 3. The topological polar surface area (TPSA) is 47.6 Å². The molecule has 0 saturated carbocycles. The average Bonchev–Trinajstić information content (AvgIpc) is 3.17. The van der Waals surface area contributed by atoms with E-state index < -0.39 is 0 Å². The highest BCUT2D eigenvalue weighted by Crippen LogP contribution is 2.33. The third-order valence-corrected chi connectivity index (χ3v) is 5.21. The second-order valence-electron chi connectivity index (χ2n) is 5.42. The molecule has 0 aliphatic carbocycles. The van der Waals surface area contributed by atoms with Crippen LogP contribution in [0.2, 0.25) is 0 Å². The van der Waals surface area contributed by atoms with Gasteiger partial charge in [0.15, 0.2) is 11.5 Å². The van der Waals surface area contributed by atoms with Gasteiger partial charge >= 0.3 is 0 Å². The van der Waals surface area contributed by atoms with Crippen LogP contribution in [0.1, 0.15) is 20.8 Å². The fourth-order valence-corrected chi connectivity index (χ4v) is 3.83. The van der Waals surface area contributed by atoms with Crippen molar-refractivity contribution in [1.82, 2.24) is 5.32 Å². The number of benzene rings is 2. The third-order valence-electron chi connectivity index (χ3n) is 3.94. The molecule has 1 aromatic heterocycles. The molecule has 3 aromatic rings. The van der Waals surface area contributed by atoms with Crippen LogP contribution < -0.4 is 14.8 Å². The Labute approximate surface area is 137 Å². The van der Waals surface area contributed by atoms with E-state index in [1.165, 1.54) is 11.3 Å². The number of aryl methyl sites for hydroxylation is 1. The van der Waals surface area contributed by atoms with E-state index in [1.54, 1.807) is 0 Å². The minimum absolute atomic E-state index is 0.0404. The molecule has 1 N–H and O–H groups in total. The Bertz CT molecular complexity index is 900. The first-order valence-electron chi connectivity index (χ1n) is 7.37. The van der Waals surface area contributed by atoms with Gasteiger partial charge in [0, 0.05) is 11.2 Å². The Morgan fingerprint density at radius 2 is 2.00 bits per heavy atom. The molecule has 0 spiro atoms. The lowest BCUT2D eigenvalue weighted by Gasteiger charge is -2.06. The number of amides is 1. The minimum Gasteiger partial charge on any atom is -0.454 e. The van der Waals surface area contributed by atoms with Gasteiger partial charge in [0.1, 0.15) is 0 Å². The summed E-state index contributed by atoms with van der Waals surface area (Å²) < 4.78 is 11.8. The summed E-state index contributed by atoms with van der Waals surface area (Å²) in [7, 11) is 0. The summed E-state index contributed by atoms with van der Waals surface area (Å²) in [4.78, 5) is 13.3. The molecular weight excluding hydrogens is 310 g/mol. The second-order valence-corrected chi connectivity index (χ2v) is 6.47. The SMILES string of the molecule is Cc1c(C(=O)NCc2ccc3c(c2)OCO3)sc2ccccc12. The summed E-state index contributed by atoms with van der Waals surface area (Å²) in [6.45, 7) is 2.71. The Balaban J connectivity index is 1.52. The van der Waals surface area contributed by atoms with E-state index in [-0.39, 0.29) is 12.7 Å². The molecule has 0 radical (unpaired) electrons. The van der Waals surface area contributed by atoms with Gasteiger partial charge in [-0.05, 0) is 41.6 Å². The van der Waals surface area contributed by atoms with Crippen molar-refractivity contribution in [2.75, 3.05) is 6.79 Å². The van der Waals surface area contributed by atoms with Crippen molar-refractivity contribution in [2.24, 2.45) is 0 Å². The summed E-state index contributed by atoms with van der Waals surface area (Å²) in [6, 6.07) is 13.8. The first kappa shape index (κ1) is 14.1. The van der Waals surface area contributed by atoms with Gasteiger partial charge < -0.3 is 14.8 Å². The Kier molecular flexibility index (Phi) is 3.42. The first-order chi connectivity index (χ1) is 11.2. The van der Waals surface area contributed by atoms with Gasteiger partial charge in [0.25, 0.3) is 5.91 Å². The Morgan fingerprint density at radius 1 is 1.17 bits per heavy atom. The molecule has 5 heteroatoms. The molecule has 0 fully saturated rings. The highest BCUT2D eigenvalue weighted by molar-refractivity contribution is 7.21. The van der Waals surface area contributed by atoms with E-state index in [9.17, 15) is 4.79 Å². The van der Waals surface area contributed by atoms with E-state index >= 15 is 0 Å². The fourth-order valence-electron chi connectivity index (χ4n) is 2.70. The van der Waals surface area contributed by atoms with E-state index in [4.69, 9.17) is 9.47 Å². The van der Waals surface area contributed by atoms with Crippen LogP contribution in [-0.2, 0) is 6.54 Å². The second kappa shape index (κ2) is 5.59. The van der Waals surface area contributed by atoms with Crippen molar-refractivity contribution in [2.45, 2.75) is 13.5 Å². The largest absolute Gasteiger partial charge is 0.454 e. The van der Waals surface area contributed by atoms with E-state index in [2.05, 4.69) is 11.4 Å². The number of ether oxygens (including phenoxy) is 2. The maximum absolute atomic E-state index is 12.5. The van der Waals surface area contributed by atoms with Crippen molar-refractivity contribution in [3.63, 3.8) is 0 Å². The zero-order valence-corrected chi connectivity index (χ0v) is 13.4. The van der Waals surface area contributed by atoms with Gasteiger partial charge in [-0.25, -0.2) is 0 Å². The molecule has 116 valence electrons. The van der Waals surface area contributed by atoms with Crippen LogP contribution in [0.4, 0.5) is 0 Å². The summed E-state index contributed by atoms with van der Waals surface area (Å²) in [6.07, 6.45) is 0. The van der Waals surface area contributed by atoms with Gasteiger partial charge in [-0.3, -0.25) is 4.79 Å². The number of nitrogens with one attached hydrogen (secondary N) is 1. The van der Waals surface area contributed by atoms with E-state index in [0.717, 1.165) is 37.6 Å². The standard InChI is InChI=1S/C18H15NO3S/c1-11-13-4-2-3-5-16(13)23-17(11)18(20)19-9-12-6-7-14-15(8-12)22-10-21-14/h2-8H,9-10H2,1H3,(H,19,20). The lowest BCUT2D eigenvalue weighted by Crippen LogP contribution is -2.22. The van der Waals surface area contributed by atoms with Gasteiger partial charge in [-0.2, -0.15) is 0 Å². The van der Waals surface area contributed by atoms with Crippen molar-refractivity contribution < 1.29 is 14.3 Å². The molecule has 4 rings (SSSR count). The number of carbonyl (C=O) groups excluding carboxylic acids is 1. The van der Waals surface area contributed by atoms with Crippen molar-refractivity contribution >= 4 is 27.3 Å². The van der Waals surface area contributed by atoms with Crippen molar-refractivity contribution in [3.05, 3.63) is 58.5 Å². The van der Waals surface area contributed by atoms with Crippen molar-refractivity contribution in [3.8, 4) is 11.5 Å². The molecule has 0 atom stereocenters. The first-order valence-corrected chi connectivity index (χ1v) is 8.19. The van der Waals surface area contributed by atoms with Gasteiger partial charge in [0.05, 0.1) is 4.88 Å². The van der Waals surface area contributed by atoms with Crippen LogP contribution in [0.25, 0.3) is 10.1 Å². The molecule has 0 bridgehead atoms. The minimum atomic E-state index is -0.0404. The lowest BCUT2D eigenvalue weighted by molar-refractivity contribution is 0.0954. The highest BCUT2D eigenvalue weighted by atomic mass is 32.1. The third kappa shape index (κ3) is 2.53. The normalized spacial score (nSPS) is 12.6. The molecule has 1 aliphatic rings. The van der Waals surface area contributed by atoms with Crippen LogP contribution in [-0.4, -0.2) is 12.7 Å². The number of carbonyl (C=O) groups is 1. The van der Waals surface area contributed by atoms with E-state index in [1.807, 2.05) is 43.3 Å². The van der Waals surface area contributed by atoms with Gasteiger partial charge in [-0.15, -0.1) is 11.3 Å². The maximum atomic E-state index is 12.5. The number of hydrogen-bond donors (Lipinski definition) is 1. The smallest absolute Gasteiger partial charge is 0.261 e. The van der Waals surface area contributed by atoms with E-state index in [0.29, 0.717) is 6.54 Å². The van der Waals surface area contributed by atoms with Gasteiger partial charge in [-0.1, -0.05) is 24.3 Å². The Hall–Kier alpha value is -2.53. The zero-order chi connectivity index (χ0) is 15.8. The number of fused-ring (bicyclic) bond motifs is 2. The van der Waals surface area contributed by atoms with Crippen LogP contribution >= 0.6 is 11.3 Å². The molecule has 4 nitrogen and oxygen atoms in total. The summed E-state index contributed by atoms with van der Waals surface area (Å²) in [5.41, 5.74) is 2.02. The van der Waals surface area contributed by atoms with Crippen LogP contribution in [0, 0.1) is 6.92 Å². The molecular formula is C18H15NO3S. The maximum Gasteiger partial charge on any atom is 0.261 e. The molecule has 0 saturated heterocycles. The summed E-state index contributed by atoms with van der Waals surface area (Å²) in [5, 5.41) is 4.13. The monoisotopic (exact) mass is 325 g/mol. The summed E-state index contributed by atoms with van der Waals surface area (Å²) >= 11 is 1.53. The highest BCUT2D eigenvalue weighted by Gasteiger charge is 2.16. The summed E-state index contributed by atoms with van der Waals surface area (Å²) in [5.74, 6) is 1.44. The molecule has 1 aliphatic heterocycles. The lowest BCUT2D eigenvalue weighted by atomic mass is 10.1. The fraction of sp³-hybridized carbons (Fsp3) is 0.167. The molecule has 0 unspecified atom stereocenters. The molecule has 2 aromatic carbocycles. The zero-order valence-electron chi connectivity index (χ0n) is 12.6. The average molecular weight is 325 g/mol. The molecule has 2 heterocycles. The van der Waals surface area contributed by atoms with Crippen LogP contribution in [0.5, 0.6) is 11.5 Å². The van der Waals surface area contributed by atoms with Crippen LogP contribution in [0.3, 0.4) is 0 Å². The van der Waals surface area contributed by atoms with Crippen LogP contribution in [0.15, 0.2) is 42.5 Å². The van der Waals surface area contributed by atoms with Crippen molar-refractivity contribution in [1.29, 1.82) is 0 Å². The quantitative estimate of drug-likeness (QED) is 0.795. The molecule has 23 heavy (non-hydrogen) atoms. The molecule has 1 amide bonds.